The van der Waals surface area contributed by atoms with Crippen LogP contribution in [0.2, 0.25) is 0 Å². The molecule has 0 aromatic rings. The fraction of sp³-hybridized carbons (Fsp3) is 0.867. The van der Waals surface area contributed by atoms with E-state index in [9.17, 15) is 9.59 Å². The first-order chi connectivity index (χ1) is 9.74. The lowest BCUT2D eigenvalue weighted by Crippen LogP contribution is -2.46. The SMILES string of the molecule is O=C(NC1CC1)C1CCCN1C(=O)CCC1CCCO1. The molecule has 3 rings (SSSR count). The molecule has 0 aromatic carbocycles. The molecule has 1 saturated carbocycles. The number of amides is 2. The molecule has 1 N–H and O–H groups in total. The van der Waals surface area contributed by atoms with Gasteiger partial charge in [0, 0.05) is 25.6 Å². The molecule has 2 saturated heterocycles. The van der Waals surface area contributed by atoms with Crippen LogP contribution in [-0.2, 0) is 14.3 Å². The Hall–Kier alpha value is -1.10. The van der Waals surface area contributed by atoms with E-state index >= 15 is 0 Å². The molecule has 3 aliphatic rings. The zero-order chi connectivity index (χ0) is 13.9. The topological polar surface area (TPSA) is 58.6 Å². The summed E-state index contributed by atoms with van der Waals surface area (Å²) >= 11 is 0. The van der Waals surface area contributed by atoms with Crippen LogP contribution >= 0.6 is 0 Å². The van der Waals surface area contributed by atoms with Gasteiger partial charge in [0.1, 0.15) is 6.04 Å². The Morgan fingerprint density at radius 2 is 2.00 bits per heavy atom. The molecule has 112 valence electrons. The third kappa shape index (κ3) is 3.32. The van der Waals surface area contributed by atoms with Gasteiger partial charge in [0.15, 0.2) is 0 Å². The predicted octanol–water partition coefficient (Wildman–Crippen LogP) is 1.22. The van der Waals surface area contributed by atoms with Crippen molar-refractivity contribution in [3.05, 3.63) is 0 Å². The van der Waals surface area contributed by atoms with E-state index < -0.39 is 0 Å². The van der Waals surface area contributed by atoms with Crippen molar-refractivity contribution in [3.63, 3.8) is 0 Å². The van der Waals surface area contributed by atoms with E-state index in [1.807, 2.05) is 0 Å². The zero-order valence-electron chi connectivity index (χ0n) is 12.0. The molecule has 0 aromatic heterocycles. The number of ether oxygens (including phenoxy) is 1. The summed E-state index contributed by atoms with van der Waals surface area (Å²) in [6.45, 7) is 1.56. The van der Waals surface area contributed by atoms with Crippen molar-refractivity contribution in [1.82, 2.24) is 10.2 Å². The van der Waals surface area contributed by atoms with E-state index in [0.29, 0.717) is 12.5 Å². The number of likely N-dealkylation sites (tertiary alicyclic amines) is 1. The first kappa shape index (κ1) is 13.9. The highest BCUT2D eigenvalue weighted by molar-refractivity contribution is 5.88. The Balaban J connectivity index is 1.48. The normalized spacial score (nSPS) is 29.7. The van der Waals surface area contributed by atoms with E-state index in [1.165, 1.54) is 0 Å². The fourth-order valence-corrected chi connectivity index (χ4v) is 3.16. The molecule has 0 radical (unpaired) electrons. The fourth-order valence-electron chi connectivity index (χ4n) is 3.16. The van der Waals surface area contributed by atoms with E-state index in [-0.39, 0.29) is 24.0 Å². The van der Waals surface area contributed by atoms with Crippen LogP contribution in [0.3, 0.4) is 0 Å². The second-order valence-corrected chi connectivity index (χ2v) is 6.20. The van der Waals surface area contributed by atoms with E-state index in [0.717, 1.165) is 58.1 Å². The van der Waals surface area contributed by atoms with Crippen LogP contribution in [0, 0.1) is 0 Å². The molecular weight excluding hydrogens is 256 g/mol. The third-order valence-electron chi connectivity index (χ3n) is 4.50. The average Bonchev–Trinajstić information content (AvgIpc) is 2.98. The second-order valence-electron chi connectivity index (χ2n) is 6.20. The molecule has 5 heteroatoms. The van der Waals surface area contributed by atoms with Crippen molar-refractivity contribution in [2.24, 2.45) is 0 Å². The van der Waals surface area contributed by atoms with Crippen molar-refractivity contribution >= 4 is 11.8 Å². The molecule has 3 fully saturated rings. The first-order valence-electron chi connectivity index (χ1n) is 7.95. The van der Waals surface area contributed by atoms with Gasteiger partial charge >= 0.3 is 0 Å². The molecule has 2 aliphatic heterocycles. The summed E-state index contributed by atoms with van der Waals surface area (Å²) in [5, 5.41) is 3.02. The van der Waals surface area contributed by atoms with Crippen LogP contribution in [0.1, 0.15) is 51.4 Å². The van der Waals surface area contributed by atoms with Crippen molar-refractivity contribution in [1.29, 1.82) is 0 Å². The predicted molar refractivity (Wildman–Crippen MR) is 74.1 cm³/mol. The van der Waals surface area contributed by atoms with Crippen LogP contribution in [0.4, 0.5) is 0 Å². The lowest BCUT2D eigenvalue weighted by molar-refractivity contribution is -0.138. The Labute approximate surface area is 120 Å². The largest absolute Gasteiger partial charge is 0.378 e. The quantitative estimate of drug-likeness (QED) is 0.823. The molecule has 2 heterocycles. The summed E-state index contributed by atoms with van der Waals surface area (Å²) in [5.41, 5.74) is 0. The zero-order valence-corrected chi connectivity index (χ0v) is 12.0. The highest BCUT2D eigenvalue weighted by Crippen LogP contribution is 2.24. The molecule has 20 heavy (non-hydrogen) atoms. The monoisotopic (exact) mass is 280 g/mol. The van der Waals surface area contributed by atoms with Gasteiger partial charge in [-0.2, -0.15) is 0 Å². The maximum atomic E-state index is 12.3. The van der Waals surface area contributed by atoms with Crippen LogP contribution in [-0.4, -0.2) is 48.1 Å². The first-order valence-corrected chi connectivity index (χ1v) is 7.95. The maximum absolute atomic E-state index is 12.3. The lowest BCUT2D eigenvalue weighted by Gasteiger charge is -2.24. The molecule has 2 unspecified atom stereocenters. The highest BCUT2D eigenvalue weighted by Gasteiger charge is 2.36. The number of carbonyl (C=O) groups excluding carboxylic acids is 2. The van der Waals surface area contributed by atoms with Gasteiger partial charge in [-0.25, -0.2) is 0 Å². The van der Waals surface area contributed by atoms with Crippen molar-refractivity contribution in [2.75, 3.05) is 13.2 Å². The smallest absolute Gasteiger partial charge is 0.243 e. The van der Waals surface area contributed by atoms with Crippen LogP contribution in [0.25, 0.3) is 0 Å². The summed E-state index contributed by atoms with van der Waals surface area (Å²) < 4.78 is 5.55. The minimum atomic E-state index is -0.229. The van der Waals surface area contributed by atoms with Gasteiger partial charge in [-0.1, -0.05) is 0 Å². The molecular formula is C15H24N2O3. The van der Waals surface area contributed by atoms with E-state index in [4.69, 9.17) is 4.74 Å². The van der Waals surface area contributed by atoms with E-state index in [2.05, 4.69) is 5.32 Å². The standard InChI is InChI=1S/C15H24N2O3/c18-14(8-7-12-3-2-10-20-12)17-9-1-4-13(17)15(19)16-11-5-6-11/h11-13H,1-10H2,(H,16,19). The second kappa shape index (κ2) is 6.12. The van der Waals surface area contributed by atoms with Crippen LogP contribution in [0.15, 0.2) is 0 Å². The summed E-state index contributed by atoms with van der Waals surface area (Å²) in [4.78, 5) is 26.2. The van der Waals surface area contributed by atoms with Crippen LogP contribution in [0.5, 0.6) is 0 Å². The molecule has 5 nitrogen and oxygen atoms in total. The highest BCUT2D eigenvalue weighted by atomic mass is 16.5. The molecule has 2 atom stereocenters. The number of nitrogens with zero attached hydrogens (tertiary/aromatic N) is 1. The number of nitrogens with one attached hydrogen (secondary N) is 1. The van der Waals surface area contributed by atoms with Crippen molar-refractivity contribution in [3.8, 4) is 0 Å². The maximum Gasteiger partial charge on any atom is 0.243 e. The molecule has 0 spiro atoms. The van der Waals surface area contributed by atoms with Gasteiger partial charge in [0.2, 0.25) is 11.8 Å². The van der Waals surface area contributed by atoms with Gasteiger partial charge in [-0.05, 0) is 44.9 Å². The summed E-state index contributed by atoms with van der Waals surface area (Å²) in [5.74, 6) is 0.171. The Kier molecular flexibility index (Phi) is 4.24. The van der Waals surface area contributed by atoms with Gasteiger partial charge in [-0.15, -0.1) is 0 Å². The summed E-state index contributed by atoms with van der Waals surface area (Å²) in [7, 11) is 0. The molecule has 2 amide bonds. The minimum Gasteiger partial charge on any atom is -0.378 e. The Morgan fingerprint density at radius 3 is 2.70 bits per heavy atom. The lowest BCUT2D eigenvalue weighted by atomic mass is 10.1. The molecule has 1 aliphatic carbocycles. The third-order valence-corrected chi connectivity index (χ3v) is 4.50. The van der Waals surface area contributed by atoms with E-state index in [1.54, 1.807) is 4.90 Å². The van der Waals surface area contributed by atoms with Gasteiger partial charge in [0.25, 0.3) is 0 Å². The number of hydrogen-bond donors (Lipinski definition) is 1. The van der Waals surface area contributed by atoms with Crippen LogP contribution < -0.4 is 5.32 Å². The number of hydrogen-bond acceptors (Lipinski definition) is 3. The van der Waals surface area contributed by atoms with Crippen molar-refractivity contribution in [2.45, 2.75) is 69.6 Å². The Morgan fingerprint density at radius 1 is 1.15 bits per heavy atom. The summed E-state index contributed by atoms with van der Waals surface area (Å²) in [6, 6.07) is 0.138. The summed E-state index contributed by atoms with van der Waals surface area (Å²) in [6.07, 6.45) is 7.66. The number of rotatable bonds is 5. The van der Waals surface area contributed by atoms with Gasteiger partial charge in [0.05, 0.1) is 6.10 Å². The van der Waals surface area contributed by atoms with Gasteiger partial charge in [-0.3, -0.25) is 9.59 Å². The Bertz CT molecular complexity index is 375. The molecule has 0 bridgehead atoms. The average molecular weight is 280 g/mol. The number of carbonyl (C=O) groups is 2. The minimum absolute atomic E-state index is 0.0514. The van der Waals surface area contributed by atoms with Gasteiger partial charge < -0.3 is 15.0 Å². The van der Waals surface area contributed by atoms with Crippen molar-refractivity contribution < 1.29 is 14.3 Å².